The lowest BCUT2D eigenvalue weighted by Gasteiger charge is -2.40. The average Bonchev–Trinajstić information content (AvgIpc) is 3.00. The third-order valence-electron chi connectivity index (χ3n) is 4.66. The Hall–Kier alpha value is -1.25. The molecule has 0 saturated carbocycles. The van der Waals surface area contributed by atoms with Crippen LogP contribution in [0.2, 0.25) is 0 Å². The second-order valence-electron chi connectivity index (χ2n) is 7.76. The first-order chi connectivity index (χ1) is 11.3. The number of aromatic nitrogens is 2. The van der Waals surface area contributed by atoms with Crippen molar-refractivity contribution >= 4 is 16.0 Å². The summed E-state index contributed by atoms with van der Waals surface area (Å²) in [5, 5.41) is 8.61. The fourth-order valence-corrected chi connectivity index (χ4v) is 4.39. The molecule has 7 nitrogen and oxygen atoms in total. The van der Waals surface area contributed by atoms with Crippen LogP contribution >= 0.6 is 0 Å². The third kappa shape index (κ3) is 3.87. The van der Waals surface area contributed by atoms with Crippen molar-refractivity contribution in [3.05, 3.63) is 17.8 Å². The van der Waals surface area contributed by atoms with Crippen LogP contribution in [0.25, 0.3) is 0 Å². The van der Waals surface area contributed by atoms with E-state index in [0.717, 1.165) is 37.4 Å². The normalized spacial score (nSPS) is 20.4. The molecule has 2 saturated heterocycles. The van der Waals surface area contributed by atoms with Gasteiger partial charge in [0.2, 0.25) is 0 Å². The van der Waals surface area contributed by atoms with E-state index in [9.17, 15) is 8.42 Å². The number of rotatable bonds is 5. The zero-order valence-corrected chi connectivity index (χ0v) is 15.5. The molecule has 1 aromatic rings. The first-order valence-electron chi connectivity index (χ1n) is 8.59. The summed E-state index contributed by atoms with van der Waals surface area (Å²) >= 11 is 0. The fraction of sp³-hybridized carbons (Fsp3) is 0.750. The molecule has 0 atom stereocenters. The summed E-state index contributed by atoms with van der Waals surface area (Å²) in [5.41, 5.74) is 0.971. The highest BCUT2D eigenvalue weighted by Gasteiger charge is 2.31. The topological polar surface area (TPSA) is 78.4 Å². The van der Waals surface area contributed by atoms with Gasteiger partial charge in [-0.05, 0) is 25.0 Å². The number of anilines is 1. The van der Waals surface area contributed by atoms with E-state index in [1.165, 1.54) is 0 Å². The molecule has 2 aliphatic rings. The second kappa shape index (κ2) is 6.57. The summed E-state index contributed by atoms with van der Waals surface area (Å²) in [7, 11) is -3.30. The molecule has 0 amide bonds. The standard InChI is InChI=1S/C16H27N5O2S/c1-16(2,3)14-6-7-15(19-18-14)20-11-13(12-20)10-17-24(22,23)21-8-4-5-9-21/h6-7,13,17H,4-5,8-12H2,1-3H3. The highest BCUT2D eigenvalue weighted by molar-refractivity contribution is 7.87. The Morgan fingerprint density at radius 1 is 1.17 bits per heavy atom. The highest BCUT2D eigenvalue weighted by Crippen LogP contribution is 2.25. The van der Waals surface area contributed by atoms with E-state index in [-0.39, 0.29) is 5.41 Å². The molecule has 0 spiro atoms. The summed E-state index contributed by atoms with van der Waals surface area (Å²) in [4.78, 5) is 2.13. The minimum atomic E-state index is -3.30. The van der Waals surface area contributed by atoms with Crippen LogP contribution in [0.3, 0.4) is 0 Å². The molecular formula is C16H27N5O2S. The molecule has 0 radical (unpaired) electrons. The van der Waals surface area contributed by atoms with E-state index in [4.69, 9.17) is 0 Å². The lowest BCUT2D eigenvalue weighted by atomic mass is 9.92. The Morgan fingerprint density at radius 2 is 1.83 bits per heavy atom. The summed E-state index contributed by atoms with van der Waals surface area (Å²) in [6.07, 6.45) is 1.92. The summed E-state index contributed by atoms with van der Waals surface area (Å²) in [6.45, 7) is 9.74. The number of nitrogens with zero attached hydrogens (tertiary/aromatic N) is 4. The summed E-state index contributed by atoms with van der Waals surface area (Å²) in [5.74, 6) is 1.19. The maximum Gasteiger partial charge on any atom is 0.279 e. The van der Waals surface area contributed by atoms with E-state index < -0.39 is 10.2 Å². The smallest absolute Gasteiger partial charge is 0.279 e. The van der Waals surface area contributed by atoms with Crippen LogP contribution < -0.4 is 9.62 Å². The zero-order chi connectivity index (χ0) is 17.4. The maximum atomic E-state index is 12.1. The van der Waals surface area contributed by atoms with Crippen LogP contribution in [0.4, 0.5) is 5.82 Å². The Morgan fingerprint density at radius 3 is 2.38 bits per heavy atom. The monoisotopic (exact) mass is 353 g/mol. The maximum absolute atomic E-state index is 12.1. The van der Waals surface area contributed by atoms with Gasteiger partial charge in [-0.2, -0.15) is 17.8 Å². The minimum absolute atomic E-state index is 0.00311. The van der Waals surface area contributed by atoms with Gasteiger partial charge in [0, 0.05) is 44.1 Å². The van der Waals surface area contributed by atoms with Crippen molar-refractivity contribution in [3.8, 4) is 0 Å². The van der Waals surface area contributed by atoms with Gasteiger partial charge in [0.05, 0.1) is 5.69 Å². The van der Waals surface area contributed by atoms with Crippen molar-refractivity contribution in [1.82, 2.24) is 19.2 Å². The van der Waals surface area contributed by atoms with Gasteiger partial charge in [0.1, 0.15) is 0 Å². The molecule has 1 aromatic heterocycles. The van der Waals surface area contributed by atoms with Crippen LogP contribution in [-0.2, 0) is 15.6 Å². The molecule has 0 bridgehead atoms. The fourth-order valence-electron chi connectivity index (χ4n) is 3.02. The predicted octanol–water partition coefficient (Wildman–Crippen LogP) is 1.14. The molecular weight excluding hydrogens is 326 g/mol. The van der Waals surface area contributed by atoms with Crippen molar-refractivity contribution in [2.75, 3.05) is 37.6 Å². The molecule has 1 N–H and O–H groups in total. The van der Waals surface area contributed by atoms with Gasteiger partial charge >= 0.3 is 0 Å². The first-order valence-corrected chi connectivity index (χ1v) is 10.0. The largest absolute Gasteiger partial charge is 0.354 e. The van der Waals surface area contributed by atoms with Gasteiger partial charge in [-0.1, -0.05) is 20.8 Å². The Kier molecular flexibility index (Phi) is 4.81. The summed E-state index contributed by atoms with van der Waals surface area (Å²) in [6, 6.07) is 4.02. The van der Waals surface area contributed by atoms with E-state index in [2.05, 4.69) is 40.6 Å². The SMILES string of the molecule is CC(C)(C)c1ccc(N2CC(CNS(=O)(=O)N3CCCC3)C2)nn1. The molecule has 3 heterocycles. The van der Waals surface area contributed by atoms with Crippen LogP contribution in [0.1, 0.15) is 39.3 Å². The number of nitrogens with one attached hydrogen (secondary N) is 1. The molecule has 8 heteroatoms. The van der Waals surface area contributed by atoms with E-state index >= 15 is 0 Å². The average molecular weight is 353 g/mol. The Labute approximate surface area is 144 Å². The van der Waals surface area contributed by atoms with Crippen molar-refractivity contribution in [2.45, 2.75) is 39.0 Å². The van der Waals surface area contributed by atoms with Crippen molar-refractivity contribution < 1.29 is 8.42 Å². The van der Waals surface area contributed by atoms with E-state index in [0.29, 0.717) is 25.6 Å². The lowest BCUT2D eigenvalue weighted by molar-refractivity contribution is 0.391. The van der Waals surface area contributed by atoms with Crippen molar-refractivity contribution in [1.29, 1.82) is 0 Å². The molecule has 24 heavy (non-hydrogen) atoms. The molecule has 0 unspecified atom stereocenters. The Balaban J connectivity index is 1.47. The molecule has 134 valence electrons. The number of hydrogen-bond acceptors (Lipinski definition) is 5. The molecule has 0 aromatic carbocycles. The lowest BCUT2D eigenvalue weighted by Crippen LogP contribution is -2.53. The van der Waals surface area contributed by atoms with Gasteiger partial charge in [-0.25, -0.2) is 4.72 Å². The van der Waals surface area contributed by atoms with E-state index in [1.54, 1.807) is 4.31 Å². The third-order valence-corrected chi connectivity index (χ3v) is 6.24. The Bertz CT molecular complexity index is 657. The van der Waals surface area contributed by atoms with Crippen LogP contribution in [0.5, 0.6) is 0 Å². The minimum Gasteiger partial charge on any atom is -0.354 e. The first kappa shape index (κ1) is 17.6. The molecule has 3 rings (SSSR count). The molecule has 0 aliphatic carbocycles. The second-order valence-corrected chi connectivity index (χ2v) is 9.51. The highest BCUT2D eigenvalue weighted by atomic mass is 32.2. The van der Waals surface area contributed by atoms with Gasteiger partial charge in [0.25, 0.3) is 10.2 Å². The van der Waals surface area contributed by atoms with Gasteiger partial charge < -0.3 is 4.90 Å². The van der Waals surface area contributed by atoms with Crippen LogP contribution in [-0.4, -0.2) is 55.6 Å². The molecule has 2 aliphatic heterocycles. The predicted molar refractivity (Wildman–Crippen MR) is 94.2 cm³/mol. The summed E-state index contributed by atoms with van der Waals surface area (Å²) < 4.78 is 28.6. The number of hydrogen-bond donors (Lipinski definition) is 1. The van der Waals surface area contributed by atoms with Crippen LogP contribution in [0, 0.1) is 5.92 Å². The zero-order valence-electron chi connectivity index (χ0n) is 14.7. The van der Waals surface area contributed by atoms with Crippen molar-refractivity contribution in [3.63, 3.8) is 0 Å². The van der Waals surface area contributed by atoms with Crippen molar-refractivity contribution in [2.24, 2.45) is 5.92 Å². The van der Waals surface area contributed by atoms with Crippen LogP contribution in [0.15, 0.2) is 12.1 Å². The quantitative estimate of drug-likeness (QED) is 0.859. The molecule has 2 fully saturated rings. The van der Waals surface area contributed by atoms with E-state index in [1.807, 2.05) is 12.1 Å². The van der Waals surface area contributed by atoms with Gasteiger partial charge in [-0.3, -0.25) is 0 Å². The van der Waals surface area contributed by atoms with Gasteiger partial charge in [-0.15, -0.1) is 5.10 Å². The van der Waals surface area contributed by atoms with Gasteiger partial charge in [0.15, 0.2) is 5.82 Å².